The summed E-state index contributed by atoms with van der Waals surface area (Å²) in [6.07, 6.45) is 0. The van der Waals surface area contributed by atoms with Crippen molar-refractivity contribution in [3.8, 4) is 0 Å². The van der Waals surface area contributed by atoms with E-state index in [4.69, 9.17) is 30.9 Å². The molecule has 0 amide bonds. The van der Waals surface area contributed by atoms with Crippen molar-refractivity contribution < 1.29 is 35.7 Å². The molecular weight excluding hydrogens is 374 g/mol. The van der Waals surface area contributed by atoms with E-state index in [1.54, 1.807) is 0 Å². The minimum absolute atomic E-state index is 0. The van der Waals surface area contributed by atoms with Gasteiger partial charge in [0, 0.05) is 29.3 Å². The van der Waals surface area contributed by atoms with Crippen molar-refractivity contribution in [3.05, 3.63) is 87.3 Å². The second-order valence-corrected chi connectivity index (χ2v) is 6.27. The molecular formula is C16H12MnO4PS+. The van der Waals surface area contributed by atoms with E-state index in [1.807, 2.05) is 12.1 Å². The first kappa shape index (κ1) is 29.7. The van der Waals surface area contributed by atoms with Gasteiger partial charge in [0.05, 0.1) is 0 Å². The van der Waals surface area contributed by atoms with Gasteiger partial charge in [-0.2, -0.15) is 0 Å². The first-order chi connectivity index (χ1) is 10.9. The average molecular weight is 386 g/mol. The molecule has 0 spiro atoms. The third-order valence-corrected chi connectivity index (χ3v) is 5.40. The Kier molecular flexibility index (Phi) is 33.1. The summed E-state index contributed by atoms with van der Waals surface area (Å²) >= 11 is 4.71. The fourth-order valence-electron chi connectivity index (χ4n) is 1.36. The quantitative estimate of drug-likeness (QED) is 0.271. The molecule has 0 saturated heterocycles. The standard InChI is InChI=1S/C12H11PS.4CO.Mn/c14-13(11-7-3-1-4-8-11)12-9-5-2-6-10-12;4*1-2;/h1-10,14H;;;;;/p+1. The molecule has 0 heterocycles. The Morgan fingerprint density at radius 3 is 1.00 bits per heavy atom. The molecule has 0 aliphatic rings. The molecule has 0 aromatic heterocycles. The smallest absolute Gasteiger partial charge is 0 e. The topological polar surface area (TPSA) is 79.6 Å². The summed E-state index contributed by atoms with van der Waals surface area (Å²) in [5.74, 6) is 0. The van der Waals surface area contributed by atoms with Crippen molar-refractivity contribution in [2.24, 2.45) is 0 Å². The molecule has 2 aromatic carbocycles. The van der Waals surface area contributed by atoms with Crippen LogP contribution in [0.3, 0.4) is 0 Å². The number of hydrogen-bond donors (Lipinski definition) is 1. The van der Waals surface area contributed by atoms with E-state index in [1.165, 1.54) is 10.6 Å². The Hall–Kier alpha value is -1.30. The molecule has 0 fully saturated rings. The molecule has 0 N–H and O–H groups in total. The normalized spacial score (nSPS) is 6.70. The van der Waals surface area contributed by atoms with Gasteiger partial charge in [-0.05, 0) is 24.3 Å². The summed E-state index contributed by atoms with van der Waals surface area (Å²) in [6, 6.07) is 20.9. The molecule has 0 bridgehead atoms. The average Bonchev–Trinajstić information content (AvgIpc) is 2.69. The molecule has 0 atom stereocenters. The first-order valence-electron chi connectivity index (χ1n) is 5.36. The van der Waals surface area contributed by atoms with Gasteiger partial charge >= 0.3 is 45.2 Å². The van der Waals surface area contributed by atoms with Gasteiger partial charge in [-0.3, -0.25) is 0 Å². The van der Waals surface area contributed by atoms with Crippen LogP contribution >= 0.6 is 19.4 Å². The summed E-state index contributed by atoms with van der Waals surface area (Å²) < 4.78 is 30.0. The zero-order valence-corrected chi connectivity index (χ0v) is 14.8. The van der Waals surface area contributed by atoms with Crippen molar-refractivity contribution in [1.29, 1.82) is 0 Å². The molecule has 117 valence electrons. The largest absolute Gasteiger partial charge is 0 e. The number of hydrogen-bond acceptors (Lipinski definition) is 1. The van der Waals surface area contributed by atoms with Gasteiger partial charge < -0.3 is 0 Å². The summed E-state index contributed by atoms with van der Waals surface area (Å²) in [5.41, 5.74) is 0. The van der Waals surface area contributed by atoms with Gasteiger partial charge in [-0.25, -0.2) is 0 Å². The third kappa shape index (κ3) is 14.0. The SMILES string of the molecule is S[PH+](c1ccccc1)c1ccccc1.[C-]#[O+].[C-]#[O+].[C-]#[O+].[C-]#[O+].[Mn]. The Labute approximate surface area is 152 Å². The monoisotopic (exact) mass is 386 g/mol. The number of benzene rings is 2. The van der Waals surface area contributed by atoms with Crippen LogP contribution < -0.4 is 10.6 Å². The molecule has 0 aliphatic carbocycles. The predicted octanol–water partition coefficient (Wildman–Crippen LogP) is 2.54. The molecule has 0 aliphatic heterocycles. The molecule has 0 saturated carbocycles. The minimum atomic E-state index is -0.850. The Balaban J connectivity index is -0.000000176. The molecule has 2 rings (SSSR count). The summed E-state index contributed by atoms with van der Waals surface area (Å²) in [5, 5.41) is 2.68. The van der Waals surface area contributed by atoms with Gasteiger partial charge in [-0.15, -0.1) is 0 Å². The van der Waals surface area contributed by atoms with Crippen LogP contribution in [0.2, 0.25) is 0 Å². The van der Waals surface area contributed by atoms with Crippen LogP contribution in [0.25, 0.3) is 0 Å². The van der Waals surface area contributed by atoms with Crippen molar-refractivity contribution in [3.63, 3.8) is 0 Å². The van der Waals surface area contributed by atoms with Gasteiger partial charge in [0.15, 0.2) is 0 Å². The zero-order valence-electron chi connectivity index (χ0n) is 11.7. The van der Waals surface area contributed by atoms with Crippen LogP contribution in [0, 0.1) is 26.6 Å². The van der Waals surface area contributed by atoms with E-state index in [0.29, 0.717) is 0 Å². The maximum Gasteiger partial charge on any atom is 0 e. The van der Waals surface area contributed by atoms with Crippen molar-refractivity contribution in [2.75, 3.05) is 0 Å². The number of rotatable bonds is 2. The molecule has 7 heteroatoms. The van der Waals surface area contributed by atoms with Crippen molar-refractivity contribution in [1.82, 2.24) is 0 Å². The summed E-state index contributed by atoms with van der Waals surface area (Å²) in [6.45, 7) is 18.0. The van der Waals surface area contributed by atoms with Crippen molar-refractivity contribution >= 4 is 30.0 Å². The molecule has 4 nitrogen and oxygen atoms in total. The second kappa shape index (κ2) is 25.6. The van der Waals surface area contributed by atoms with Crippen LogP contribution in [0.15, 0.2) is 60.7 Å². The van der Waals surface area contributed by atoms with Gasteiger partial charge in [0.25, 0.3) is 0 Å². The molecule has 2 aromatic rings. The van der Waals surface area contributed by atoms with Crippen molar-refractivity contribution in [2.45, 2.75) is 0 Å². The maximum absolute atomic E-state index is 7.50. The van der Waals surface area contributed by atoms with Gasteiger partial charge in [0.1, 0.15) is 17.7 Å². The summed E-state index contributed by atoms with van der Waals surface area (Å²) in [7, 11) is -0.850. The van der Waals surface area contributed by atoms with E-state index >= 15 is 0 Å². The van der Waals surface area contributed by atoms with E-state index in [-0.39, 0.29) is 17.1 Å². The van der Waals surface area contributed by atoms with E-state index in [9.17, 15) is 0 Å². The van der Waals surface area contributed by atoms with E-state index < -0.39 is 7.12 Å². The van der Waals surface area contributed by atoms with Crippen LogP contribution in [0.4, 0.5) is 0 Å². The first-order valence-corrected chi connectivity index (χ1v) is 8.15. The zero-order chi connectivity index (χ0) is 17.8. The third-order valence-electron chi connectivity index (χ3n) is 2.09. The van der Waals surface area contributed by atoms with Crippen LogP contribution in [0.5, 0.6) is 0 Å². The Morgan fingerprint density at radius 2 is 0.783 bits per heavy atom. The van der Waals surface area contributed by atoms with Gasteiger partial charge in [0.2, 0.25) is 0 Å². The minimum Gasteiger partial charge on any atom is 0 e. The van der Waals surface area contributed by atoms with E-state index in [2.05, 4.69) is 75.1 Å². The number of thiol groups is 1. The second-order valence-electron chi connectivity index (χ2n) is 3.08. The molecule has 23 heavy (non-hydrogen) atoms. The predicted molar refractivity (Wildman–Crippen MR) is 85.2 cm³/mol. The Morgan fingerprint density at radius 1 is 0.565 bits per heavy atom. The summed E-state index contributed by atoms with van der Waals surface area (Å²) in [4.78, 5) is 0. The van der Waals surface area contributed by atoms with Crippen LogP contribution in [0.1, 0.15) is 0 Å². The fourth-order valence-corrected chi connectivity index (χ4v) is 3.60. The van der Waals surface area contributed by atoms with Crippen LogP contribution in [-0.4, -0.2) is 0 Å². The fraction of sp³-hybridized carbons (Fsp3) is 0. The Bertz CT molecular complexity index is 492. The van der Waals surface area contributed by atoms with Crippen LogP contribution in [-0.2, 0) is 35.7 Å². The van der Waals surface area contributed by atoms with Gasteiger partial charge in [-0.1, -0.05) is 36.4 Å². The maximum atomic E-state index is 7.50. The molecule has 1 radical (unpaired) electrons. The molecule has 0 unspecified atom stereocenters. The van der Waals surface area contributed by atoms with E-state index in [0.717, 1.165) is 0 Å².